The van der Waals surface area contributed by atoms with Gasteiger partial charge < -0.3 is 5.73 Å². The molecular formula is C9H14N2OS. The Labute approximate surface area is 82.0 Å². The van der Waals surface area contributed by atoms with Crippen LogP contribution in [0.3, 0.4) is 0 Å². The number of nitrogens with zero attached hydrogens (tertiary/aromatic N) is 1. The smallest absolute Gasteiger partial charge is 0.193 e. The summed E-state index contributed by atoms with van der Waals surface area (Å²) in [4.78, 5) is 16.7. The highest BCUT2D eigenvalue weighted by molar-refractivity contribution is 7.13. The molecule has 0 radical (unpaired) electrons. The molecule has 0 amide bonds. The summed E-state index contributed by atoms with van der Waals surface area (Å²) in [5.41, 5.74) is 6.39. The van der Waals surface area contributed by atoms with E-state index in [4.69, 9.17) is 5.73 Å². The van der Waals surface area contributed by atoms with Crippen LogP contribution in [-0.4, -0.2) is 10.8 Å². The van der Waals surface area contributed by atoms with E-state index in [0.717, 1.165) is 10.6 Å². The lowest BCUT2D eigenvalue weighted by atomic mass is 10.1. The van der Waals surface area contributed by atoms with E-state index in [1.165, 1.54) is 11.3 Å². The Bertz CT molecular complexity index is 317. The number of aromatic nitrogens is 1. The van der Waals surface area contributed by atoms with Gasteiger partial charge in [-0.15, -0.1) is 11.3 Å². The molecule has 0 aliphatic heterocycles. The van der Waals surface area contributed by atoms with Gasteiger partial charge in [0.1, 0.15) is 0 Å². The summed E-state index contributed by atoms with van der Waals surface area (Å²) < 4.78 is 0. The fourth-order valence-electron chi connectivity index (χ4n) is 0.970. The van der Waals surface area contributed by atoms with Crippen molar-refractivity contribution in [3.63, 3.8) is 0 Å². The van der Waals surface area contributed by atoms with E-state index in [-0.39, 0.29) is 11.7 Å². The van der Waals surface area contributed by atoms with E-state index in [1.807, 2.05) is 20.8 Å². The molecule has 1 aromatic rings. The lowest BCUT2D eigenvalue weighted by Gasteiger charge is -1.97. The Morgan fingerprint density at radius 2 is 2.23 bits per heavy atom. The normalized spacial score (nSPS) is 10.8. The molecule has 0 bridgehead atoms. The minimum absolute atomic E-state index is 0.0103. The Balaban J connectivity index is 2.97. The molecule has 13 heavy (non-hydrogen) atoms. The van der Waals surface area contributed by atoms with Crippen molar-refractivity contribution in [1.82, 2.24) is 4.98 Å². The monoisotopic (exact) mass is 198 g/mol. The van der Waals surface area contributed by atoms with E-state index in [0.29, 0.717) is 11.6 Å². The minimum atomic E-state index is 0.0103. The largest absolute Gasteiger partial charge is 0.326 e. The van der Waals surface area contributed by atoms with Crippen LogP contribution in [0.15, 0.2) is 0 Å². The summed E-state index contributed by atoms with van der Waals surface area (Å²) in [7, 11) is 0. The predicted molar refractivity (Wildman–Crippen MR) is 53.9 cm³/mol. The van der Waals surface area contributed by atoms with Crippen molar-refractivity contribution in [2.45, 2.75) is 27.3 Å². The van der Waals surface area contributed by atoms with Gasteiger partial charge in [-0.1, -0.05) is 13.8 Å². The van der Waals surface area contributed by atoms with Crippen LogP contribution < -0.4 is 5.73 Å². The van der Waals surface area contributed by atoms with Crippen molar-refractivity contribution in [2.75, 3.05) is 0 Å². The zero-order valence-corrected chi connectivity index (χ0v) is 8.94. The molecule has 0 spiro atoms. The van der Waals surface area contributed by atoms with Gasteiger partial charge in [-0.05, 0) is 6.92 Å². The van der Waals surface area contributed by atoms with Crippen molar-refractivity contribution in [2.24, 2.45) is 11.7 Å². The van der Waals surface area contributed by atoms with Crippen molar-refractivity contribution in [1.29, 1.82) is 0 Å². The summed E-state index contributed by atoms with van der Waals surface area (Å²) in [5, 5.41) is 0.591. The highest BCUT2D eigenvalue weighted by Gasteiger charge is 2.16. The predicted octanol–water partition coefficient (Wildman–Crippen LogP) is 1.75. The maximum absolute atomic E-state index is 11.5. The second kappa shape index (κ2) is 3.98. The first-order chi connectivity index (χ1) is 6.06. The molecule has 0 atom stereocenters. The fourth-order valence-corrected chi connectivity index (χ4v) is 2.00. The third-order valence-corrected chi connectivity index (χ3v) is 3.01. The summed E-state index contributed by atoms with van der Waals surface area (Å²) in [6.45, 7) is 6.10. The number of nitrogens with two attached hydrogens (primary N) is 1. The average Bonchev–Trinajstić information content (AvgIpc) is 2.45. The van der Waals surface area contributed by atoms with Gasteiger partial charge >= 0.3 is 0 Å². The van der Waals surface area contributed by atoms with E-state index in [1.54, 1.807) is 0 Å². The summed E-state index contributed by atoms with van der Waals surface area (Å²) >= 11 is 1.41. The zero-order chi connectivity index (χ0) is 10.0. The van der Waals surface area contributed by atoms with E-state index in [2.05, 4.69) is 4.98 Å². The molecule has 4 heteroatoms. The van der Waals surface area contributed by atoms with Crippen LogP contribution in [0.4, 0.5) is 0 Å². The second-order valence-electron chi connectivity index (χ2n) is 3.25. The molecule has 0 fully saturated rings. The lowest BCUT2D eigenvalue weighted by Crippen LogP contribution is -2.06. The summed E-state index contributed by atoms with van der Waals surface area (Å²) in [6, 6.07) is 0. The van der Waals surface area contributed by atoms with Crippen LogP contribution >= 0.6 is 11.3 Å². The maximum atomic E-state index is 11.5. The van der Waals surface area contributed by atoms with E-state index in [9.17, 15) is 4.79 Å². The lowest BCUT2D eigenvalue weighted by molar-refractivity contribution is 0.0939. The molecule has 3 nitrogen and oxygen atoms in total. The average molecular weight is 198 g/mol. The molecule has 0 unspecified atom stereocenters. The number of Topliss-reactive ketones (excluding diaryl/α,β-unsaturated/α-hetero) is 1. The van der Waals surface area contributed by atoms with Crippen molar-refractivity contribution >= 4 is 17.1 Å². The first-order valence-electron chi connectivity index (χ1n) is 4.26. The topological polar surface area (TPSA) is 56.0 Å². The minimum Gasteiger partial charge on any atom is -0.326 e. The van der Waals surface area contributed by atoms with Gasteiger partial charge in [0.2, 0.25) is 0 Å². The number of hydrogen-bond acceptors (Lipinski definition) is 4. The van der Waals surface area contributed by atoms with Gasteiger partial charge in [0.15, 0.2) is 10.8 Å². The fraction of sp³-hybridized carbons (Fsp3) is 0.556. The van der Waals surface area contributed by atoms with Crippen LogP contribution in [0, 0.1) is 12.8 Å². The van der Waals surface area contributed by atoms with Crippen molar-refractivity contribution < 1.29 is 4.79 Å². The molecule has 1 heterocycles. The van der Waals surface area contributed by atoms with Gasteiger partial charge in [0.25, 0.3) is 0 Å². The zero-order valence-electron chi connectivity index (χ0n) is 8.13. The molecule has 0 saturated carbocycles. The van der Waals surface area contributed by atoms with Gasteiger partial charge in [-0.3, -0.25) is 4.79 Å². The van der Waals surface area contributed by atoms with Crippen LogP contribution in [0.25, 0.3) is 0 Å². The highest BCUT2D eigenvalue weighted by Crippen LogP contribution is 2.19. The van der Waals surface area contributed by atoms with E-state index < -0.39 is 0 Å². The van der Waals surface area contributed by atoms with Crippen LogP contribution in [0.1, 0.15) is 34.2 Å². The first kappa shape index (κ1) is 10.3. The summed E-state index contributed by atoms with van der Waals surface area (Å²) in [5.74, 6) is 0.115. The van der Waals surface area contributed by atoms with Gasteiger partial charge in [0.05, 0.1) is 5.69 Å². The molecule has 0 aromatic carbocycles. The molecule has 0 aliphatic carbocycles. The first-order valence-corrected chi connectivity index (χ1v) is 5.08. The third kappa shape index (κ3) is 2.14. The third-order valence-electron chi connectivity index (χ3n) is 1.81. The Hall–Kier alpha value is -0.740. The molecule has 0 aliphatic rings. The van der Waals surface area contributed by atoms with Gasteiger partial charge in [-0.25, -0.2) is 4.98 Å². The van der Waals surface area contributed by atoms with Gasteiger partial charge in [0, 0.05) is 17.3 Å². The molecule has 1 rings (SSSR count). The number of aryl methyl sites for hydroxylation is 1. The van der Waals surface area contributed by atoms with Crippen LogP contribution in [0.2, 0.25) is 0 Å². The number of rotatable bonds is 3. The van der Waals surface area contributed by atoms with E-state index >= 15 is 0 Å². The molecule has 2 N–H and O–H groups in total. The van der Waals surface area contributed by atoms with Crippen LogP contribution in [0.5, 0.6) is 0 Å². The number of thiazole rings is 1. The summed E-state index contributed by atoms with van der Waals surface area (Å²) in [6.07, 6.45) is 0. The number of carbonyl (C=O) groups is 1. The van der Waals surface area contributed by atoms with Crippen molar-refractivity contribution in [3.05, 3.63) is 15.6 Å². The molecular weight excluding hydrogens is 184 g/mol. The Morgan fingerprint density at radius 1 is 1.62 bits per heavy atom. The Morgan fingerprint density at radius 3 is 2.62 bits per heavy atom. The molecule has 0 saturated heterocycles. The van der Waals surface area contributed by atoms with Crippen LogP contribution in [-0.2, 0) is 6.54 Å². The number of carbonyl (C=O) groups excluding carboxylic acids is 1. The van der Waals surface area contributed by atoms with Crippen molar-refractivity contribution in [3.8, 4) is 0 Å². The second-order valence-corrected chi connectivity index (χ2v) is 4.33. The number of ketones is 1. The highest BCUT2D eigenvalue weighted by atomic mass is 32.1. The molecule has 72 valence electrons. The van der Waals surface area contributed by atoms with Gasteiger partial charge in [-0.2, -0.15) is 0 Å². The SMILES string of the molecule is Cc1nc(C(=O)C(C)C)sc1CN. The number of hydrogen-bond donors (Lipinski definition) is 1. The molecule has 1 aromatic heterocycles. The quantitative estimate of drug-likeness (QED) is 0.753. The standard InChI is InChI=1S/C9H14N2OS/c1-5(2)8(12)9-11-6(3)7(4-10)13-9/h5H,4,10H2,1-3H3. The maximum Gasteiger partial charge on any atom is 0.193 e. The Kier molecular flexibility index (Phi) is 3.17.